The van der Waals surface area contributed by atoms with Crippen molar-refractivity contribution in [3.05, 3.63) is 0 Å². The van der Waals surface area contributed by atoms with Crippen LogP contribution >= 0.6 is 0 Å². The van der Waals surface area contributed by atoms with Gasteiger partial charge in [0.15, 0.2) is 0 Å². The minimum atomic E-state index is -0.126. The first kappa shape index (κ1) is 11.4. The van der Waals surface area contributed by atoms with Crippen LogP contribution in [0.5, 0.6) is 0 Å². The molecule has 0 saturated heterocycles. The van der Waals surface area contributed by atoms with Crippen molar-refractivity contribution in [2.24, 2.45) is 5.41 Å². The summed E-state index contributed by atoms with van der Waals surface area (Å²) in [6.45, 7) is 4.35. The van der Waals surface area contributed by atoms with E-state index in [-0.39, 0.29) is 11.5 Å². The van der Waals surface area contributed by atoms with E-state index < -0.39 is 0 Å². The molecule has 0 heterocycles. The van der Waals surface area contributed by atoms with Crippen LogP contribution in [-0.4, -0.2) is 23.4 Å². The predicted molar refractivity (Wildman–Crippen MR) is 60.8 cm³/mol. The molecule has 0 aromatic carbocycles. The Morgan fingerprint density at radius 3 is 2.27 bits per heavy atom. The van der Waals surface area contributed by atoms with Gasteiger partial charge in [-0.2, -0.15) is 0 Å². The average molecular weight is 212 g/mol. The van der Waals surface area contributed by atoms with Gasteiger partial charge in [0.05, 0.1) is 18.3 Å². The zero-order chi connectivity index (χ0) is 10.9. The molecule has 0 aromatic heterocycles. The number of hydrogen-bond acceptors (Lipinski definition) is 2. The topological polar surface area (TPSA) is 29.5 Å². The van der Waals surface area contributed by atoms with Gasteiger partial charge in [-0.1, -0.05) is 26.7 Å². The highest BCUT2D eigenvalue weighted by molar-refractivity contribution is 5.03. The van der Waals surface area contributed by atoms with Crippen LogP contribution in [0.1, 0.15) is 58.8 Å². The van der Waals surface area contributed by atoms with Crippen molar-refractivity contribution >= 4 is 0 Å². The molecule has 2 unspecified atom stereocenters. The van der Waals surface area contributed by atoms with Crippen molar-refractivity contribution in [1.82, 2.24) is 0 Å². The Morgan fingerprint density at radius 2 is 1.80 bits per heavy atom. The summed E-state index contributed by atoms with van der Waals surface area (Å²) in [5.74, 6) is 0. The second kappa shape index (κ2) is 4.42. The molecular formula is C13H24O2. The molecule has 2 heteroatoms. The van der Waals surface area contributed by atoms with Crippen molar-refractivity contribution in [3.8, 4) is 0 Å². The van der Waals surface area contributed by atoms with E-state index in [4.69, 9.17) is 4.74 Å². The van der Waals surface area contributed by atoms with Gasteiger partial charge < -0.3 is 9.84 Å². The summed E-state index contributed by atoms with van der Waals surface area (Å²) in [4.78, 5) is 0. The molecule has 0 spiro atoms. The molecule has 2 nitrogen and oxygen atoms in total. The standard InChI is InChI=1S/C13H24O2/c1-3-13(4-2)11(14)9-12(13)15-10-7-5-6-8-10/h10-12,14H,3-9H2,1-2H3. The summed E-state index contributed by atoms with van der Waals surface area (Å²) in [7, 11) is 0. The molecule has 1 N–H and O–H groups in total. The highest BCUT2D eigenvalue weighted by atomic mass is 16.5. The molecule has 15 heavy (non-hydrogen) atoms. The maximum absolute atomic E-state index is 9.92. The van der Waals surface area contributed by atoms with Gasteiger partial charge in [-0.25, -0.2) is 0 Å². The van der Waals surface area contributed by atoms with E-state index in [2.05, 4.69) is 13.8 Å². The number of rotatable bonds is 4. The van der Waals surface area contributed by atoms with E-state index in [0.29, 0.717) is 12.2 Å². The van der Waals surface area contributed by atoms with Crippen molar-refractivity contribution in [2.45, 2.75) is 77.1 Å². The van der Waals surface area contributed by atoms with E-state index >= 15 is 0 Å². The fourth-order valence-corrected chi connectivity index (χ4v) is 3.35. The summed E-state index contributed by atoms with van der Waals surface area (Å²) in [6.07, 6.45) is 8.75. The zero-order valence-electron chi connectivity index (χ0n) is 10.0. The molecular weight excluding hydrogens is 188 g/mol. The smallest absolute Gasteiger partial charge is 0.0684 e. The summed E-state index contributed by atoms with van der Waals surface area (Å²) >= 11 is 0. The largest absolute Gasteiger partial charge is 0.392 e. The van der Waals surface area contributed by atoms with Crippen LogP contribution in [0.2, 0.25) is 0 Å². The Balaban J connectivity index is 1.92. The highest BCUT2D eigenvalue weighted by Gasteiger charge is 2.53. The molecule has 0 amide bonds. The lowest BCUT2D eigenvalue weighted by Crippen LogP contribution is -2.58. The second-order valence-electron chi connectivity index (χ2n) is 5.22. The molecule has 2 fully saturated rings. The third-order valence-corrected chi connectivity index (χ3v) is 4.72. The number of aliphatic hydroxyl groups is 1. The van der Waals surface area contributed by atoms with Crippen LogP contribution in [0.25, 0.3) is 0 Å². The van der Waals surface area contributed by atoms with E-state index in [1.54, 1.807) is 0 Å². The van der Waals surface area contributed by atoms with Crippen molar-refractivity contribution in [3.63, 3.8) is 0 Å². The van der Waals surface area contributed by atoms with Crippen LogP contribution < -0.4 is 0 Å². The van der Waals surface area contributed by atoms with Crippen molar-refractivity contribution in [1.29, 1.82) is 0 Å². The van der Waals surface area contributed by atoms with E-state index in [9.17, 15) is 5.11 Å². The van der Waals surface area contributed by atoms with Gasteiger partial charge in [0.25, 0.3) is 0 Å². The van der Waals surface area contributed by atoms with Crippen LogP contribution in [0.3, 0.4) is 0 Å². The zero-order valence-corrected chi connectivity index (χ0v) is 10.0. The SMILES string of the molecule is CCC1(CC)C(O)CC1OC1CCCC1. The Labute approximate surface area is 93.0 Å². The Morgan fingerprint density at radius 1 is 1.20 bits per heavy atom. The molecule has 2 rings (SSSR count). The molecule has 0 aromatic rings. The van der Waals surface area contributed by atoms with Crippen LogP contribution in [-0.2, 0) is 4.74 Å². The number of hydrogen-bond donors (Lipinski definition) is 1. The van der Waals surface area contributed by atoms with Gasteiger partial charge in [-0.05, 0) is 25.7 Å². The molecule has 0 radical (unpaired) electrons. The summed E-state index contributed by atoms with van der Waals surface area (Å²) < 4.78 is 6.16. The normalized spacial score (nSPS) is 35.4. The molecule has 0 bridgehead atoms. The quantitative estimate of drug-likeness (QED) is 0.776. The average Bonchev–Trinajstić information content (AvgIpc) is 2.72. The molecule has 88 valence electrons. The highest BCUT2D eigenvalue weighted by Crippen LogP contribution is 2.49. The Bertz CT molecular complexity index is 205. The number of aliphatic hydroxyl groups excluding tert-OH is 1. The summed E-state index contributed by atoms with van der Waals surface area (Å²) in [5, 5.41) is 9.92. The van der Waals surface area contributed by atoms with Gasteiger partial charge in [-0.3, -0.25) is 0 Å². The van der Waals surface area contributed by atoms with Crippen LogP contribution in [0.15, 0.2) is 0 Å². The van der Waals surface area contributed by atoms with Gasteiger partial charge >= 0.3 is 0 Å². The molecule has 2 aliphatic rings. The predicted octanol–water partition coefficient (Wildman–Crippen LogP) is 2.89. The van der Waals surface area contributed by atoms with Gasteiger partial charge in [0, 0.05) is 11.8 Å². The monoisotopic (exact) mass is 212 g/mol. The Hall–Kier alpha value is -0.0800. The van der Waals surface area contributed by atoms with Crippen molar-refractivity contribution < 1.29 is 9.84 Å². The molecule has 2 aliphatic carbocycles. The van der Waals surface area contributed by atoms with Crippen LogP contribution in [0.4, 0.5) is 0 Å². The summed E-state index contributed by atoms with van der Waals surface area (Å²) in [5.41, 5.74) is 0.0720. The van der Waals surface area contributed by atoms with E-state index in [1.807, 2.05) is 0 Å². The van der Waals surface area contributed by atoms with Gasteiger partial charge in [-0.15, -0.1) is 0 Å². The van der Waals surface area contributed by atoms with Crippen molar-refractivity contribution in [2.75, 3.05) is 0 Å². The summed E-state index contributed by atoms with van der Waals surface area (Å²) in [6, 6.07) is 0. The third kappa shape index (κ3) is 1.83. The molecule has 0 aliphatic heterocycles. The third-order valence-electron chi connectivity index (χ3n) is 4.72. The van der Waals surface area contributed by atoms with E-state index in [0.717, 1.165) is 19.3 Å². The minimum absolute atomic E-state index is 0.0720. The maximum atomic E-state index is 9.92. The lowest BCUT2D eigenvalue weighted by molar-refractivity contribution is -0.212. The minimum Gasteiger partial charge on any atom is -0.392 e. The van der Waals surface area contributed by atoms with Gasteiger partial charge in [0.2, 0.25) is 0 Å². The van der Waals surface area contributed by atoms with Crippen LogP contribution in [0, 0.1) is 5.41 Å². The first-order chi connectivity index (χ1) is 7.23. The second-order valence-corrected chi connectivity index (χ2v) is 5.22. The first-order valence-corrected chi connectivity index (χ1v) is 6.56. The first-order valence-electron chi connectivity index (χ1n) is 6.56. The Kier molecular flexibility index (Phi) is 3.36. The lowest BCUT2D eigenvalue weighted by Gasteiger charge is -2.53. The van der Waals surface area contributed by atoms with E-state index in [1.165, 1.54) is 25.7 Å². The number of ether oxygens (including phenoxy) is 1. The lowest BCUT2D eigenvalue weighted by atomic mass is 9.60. The molecule has 2 saturated carbocycles. The molecule has 2 atom stereocenters. The van der Waals surface area contributed by atoms with Gasteiger partial charge in [0.1, 0.15) is 0 Å². The fraction of sp³-hybridized carbons (Fsp3) is 1.00. The maximum Gasteiger partial charge on any atom is 0.0684 e. The fourth-order valence-electron chi connectivity index (χ4n) is 3.35.